The lowest BCUT2D eigenvalue weighted by molar-refractivity contribution is 0.0568. The Hall–Kier alpha value is -1.77. The highest BCUT2D eigenvalue weighted by Crippen LogP contribution is 2.20. The monoisotopic (exact) mass is 176 g/mol. The lowest BCUT2D eigenvalue weighted by atomic mass is 10.2. The Morgan fingerprint density at radius 1 is 1.38 bits per heavy atom. The Morgan fingerprint density at radius 3 is 2.92 bits per heavy atom. The number of benzene rings is 1. The average Bonchev–Trinajstić information content (AvgIpc) is 2.60. The van der Waals surface area contributed by atoms with Crippen molar-refractivity contribution in [2.24, 2.45) is 0 Å². The highest BCUT2D eigenvalue weighted by Gasteiger charge is 2.13. The van der Waals surface area contributed by atoms with E-state index in [1.54, 1.807) is 6.26 Å². The Bertz CT molecular complexity index is 442. The van der Waals surface area contributed by atoms with Crippen molar-refractivity contribution in [2.45, 2.75) is 0 Å². The molecular weight excluding hydrogens is 168 g/mol. The third-order valence-electron chi connectivity index (χ3n) is 1.88. The van der Waals surface area contributed by atoms with Gasteiger partial charge in [0.15, 0.2) is 0 Å². The van der Waals surface area contributed by atoms with Crippen LogP contribution in [0.1, 0.15) is 10.6 Å². The van der Waals surface area contributed by atoms with Crippen molar-refractivity contribution in [3.05, 3.63) is 36.3 Å². The fraction of sp³-hybridized carbons (Fsp3) is 0.100. The largest absolute Gasteiger partial charge is 0.463 e. The molecule has 0 bridgehead atoms. The van der Waals surface area contributed by atoms with Gasteiger partial charge in [-0.25, -0.2) is 4.79 Å². The molecule has 0 aliphatic rings. The second-order valence-electron chi connectivity index (χ2n) is 2.64. The molecule has 0 spiro atoms. The van der Waals surface area contributed by atoms with Gasteiger partial charge in [-0.05, 0) is 0 Å². The minimum Gasteiger partial charge on any atom is -0.463 e. The zero-order valence-electron chi connectivity index (χ0n) is 7.11. The van der Waals surface area contributed by atoms with E-state index in [1.165, 1.54) is 7.11 Å². The van der Waals surface area contributed by atoms with Crippen LogP contribution in [0, 0.1) is 0 Å². The van der Waals surface area contributed by atoms with Crippen molar-refractivity contribution in [1.82, 2.24) is 0 Å². The molecule has 2 aromatic rings. The summed E-state index contributed by atoms with van der Waals surface area (Å²) in [7, 11) is 1.33. The first kappa shape index (κ1) is 7.86. The summed E-state index contributed by atoms with van der Waals surface area (Å²) in [6, 6.07) is 7.44. The third kappa shape index (κ3) is 1.18. The van der Waals surface area contributed by atoms with E-state index in [0.717, 1.165) is 10.8 Å². The Kier molecular flexibility index (Phi) is 1.77. The molecule has 1 aromatic heterocycles. The summed E-state index contributed by atoms with van der Waals surface area (Å²) >= 11 is 0. The standard InChI is InChI=1S/C10H8O3/c1-12-10(11)9-8-5-3-2-4-7(8)6-13-9/h2-6H,1H3. The van der Waals surface area contributed by atoms with Crippen LogP contribution in [0.3, 0.4) is 0 Å². The molecule has 3 nitrogen and oxygen atoms in total. The normalized spacial score (nSPS) is 10.2. The van der Waals surface area contributed by atoms with Crippen LogP contribution in [0.4, 0.5) is 0 Å². The lowest BCUT2D eigenvalue weighted by Gasteiger charge is -1.93. The van der Waals surface area contributed by atoms with Crippen LogP contribution in [0.5, 0.6) is 0 Å². The molecule has 13 heavy (non-hydrogen) atoms. The van der Waals surface area contributed by atoms with Gasteiger partial charge in [-0.1, -0.05) is 24.3 Å². The van der Waals surface area contributed by atoms with Crippen LogP contribution < -0.4 is 0 Å². The van der Waals surface area contributed by atoms with Crippen molar-refractivity contribution in [3.63, 3.8) is 0 Å². The molecule has 0 radical (unpaired) electrons. The zero-order valence-corrected chi connectivity index (χ0v) is 7.11. The highest BCUT2D eigenvalue weighted by molar-refractivity contribution is 6.02. The van der Waals surface area contributed by atoms with E-state index in [2.05, 4.69) is 4.74 Å². The molecule has 0 aliphatic heterocycles. The second kappa shape index (κ2) is 2.94. The molecule has 0 atom stereocenters. The van der Waals surface area contributed by atoms with Crippen LogP contribution in [0.2, 0.25) is 0 Å². The van der Waals surface area contributed by atoms with Gasteiger partial charge in [-0.15, -0.1) is 0 Å². The van der Waals surface area contributed by atoms with E-state index in [0.29, 0.717) is 0 Å². The molecule has 2 rings (SSSR count). The topological polar surface area (TPSA) is 39.4 Å². The molecule has 0 saturated carbocycles. The van der Waals surface area contributed by atoms with E-state index in [9.17, 15) is 4.79 Å². The third-order valence-corrected chi connectivity index (χ3v) is 1.88. The lowest BCUT2D eigenvalue weighted by Crippen LogP contribution is -1.99. The van der Waals surface area contributed by atoms with E-state index in [-0.39, 0.29) is 5.76 Å². The molecule has 0 fully saturated rings. The molecule has 0 unspecified atom stereocenters. The molecule has 0 aliphatic carbocycles. The van der Waals surface area contributed by atoms with E-state index < -0.39 is 5.97 Å². The summed E-state index contributed by atoms with van der Waals surface area (Å²) in [5.41, 5.74) is 0. The molecule has 1 heterocycles. The minimum atomic E-state index is -0.443. The SMILES string of the molecule is COC(=O)c1occ2ccccc12. The number of rotatable bonds is 1. The van der Waals surface area contributed by atoms with Gasteiger partial charge in [0.2, 0.25) is 5.76 Å². The van der Waals surface area contributed by atoms with E-state index >= 15 is 0 Å². The van der Waals surface area contributed by atoms with Crippen molar-refractivity contribution in [2.75, 3.05) is 7.11 Å². The van der Waals surface area contributed by atoms with Crippen molar-refractivity contribution in [3.8, 4) is 0 Å². The second-order valence-corrected chi connectivity index (χ2v) is 2.64. The Morgan fingerprint density at radius 2 is 2.15 bits per heavy atom. The summed E-state index contributed by atoms with van der Waals surface area (Å²) in [4.78, 5) is 11.2. The minimum absolute atomic E-state index is 0.262. The molecular formula is C10H8O3. The summed E-state index contributed by atoms with van der Waals surface area (Å²) in [5.74, 6) is -0.181. The first-order valence-corrected chi connectivity index (χ1v) is 3.87. The van der Waals surface area contributed by atoms with Gasteiger partial charge in [0, 0.05) is 10.8 Å². The molecule has 0 amide bonds. The van der Waals surface area contributed by atoms with Crippen LogP contribution in [-0.4, -0.2) is 13.1 Å². The molecule has 0 saturated heterocycles. The van der Waals surface area contributed by atoms with Gasteiger partial charge in [0.05, 0.1) is 13.4 Å². The number of carbonyl (C=O) groups excluding carboxylic acids is 1. The summed E-state index contributed by atoms with van der Waals surface area (Å²) in [6.45, 7) is 0. The van der Waals surface area contributed by atoms with Crippen LogP contribution in [0.15, 0.2) is 34.9 Å². The van der Waals surface area contributed by atoms with Gasteiger partial charge in [-0.2, -0.15) is 0 Å². The summed E-state index contributed by atoms with van der Waals surface area (Å²) < 4.78 is 9.66. The van der Waals surface area contributed by atoms with Crippen LogP contribution >= 0.6 is 0 Å². The number of esters is 1. The number of furan rings is 1. The maximum Gasteiger partial charge on any atom is 0.374 e. The quantitative estimate of drug-likeness (QED) is 0.625. The maximum atomic E-state index is 11.2. The van der Waals surface area contributed by atoms with Gasteiger partial charge in [0.1, 0.15) is 0 Å². The number of ether oxygens (including phenoxy) is 1. The van der Waals surface area contributed by atoms with Gasteiger partial charge in [0.25, 0.3) is 0 Å². The van der Waals surface area contributed by atoms with Gasteiger partial charge >= 0.3 is 5.97 Å². The number of carbonyl (C=O) groups is 1. The van der Waals surface area contributed by atoms with Crippen molar-refractivity contribution in [1.29, 1.82) is 0 Å². The van der Waals surface area contributed by atoms with Crippen LogP contribution in [0.25, 0.3) is 10.8 Å². The average molecular weight is 176 g/mol. The van der Waals surface area contributed by atoms with E-state index in [4.69, 9.17) is 4.42 Å². The maximum absolute atomic E-state index is 11.2. The molecule has 1 aromatic carbocycles. The summed E-state index contributed by atoms with van der Waals surface area (Å²) in [5, 5.41) is 1.69. The molecule has 0 N–H and O–H groups in total. The smallest absolute Gasteiger partial charge is 0.374 e. The Labute approximate surface area is 74.9 Å². The number of hydrogen-bond acceptors (Lipinski definition) is 3. The van der Waals surface area contributed by atoms with Crippen molar-refractivity contribution >= 4 is 16.7 Å². The number of methoxy groups -OCH3 is 1. The predicted octanol–water partition coefficient (Wildman–Crippen LogP) is 2.22. The fourth-order valence-electron chi connectivity index (χ4n) is 1.24. The number of fused-ring (bicyclic) bond motifs is 1. The Balaban J connectivity index is 2.64. The first-order chi connectivity index (χ1) is 6.33. The molecule has 66 valence electrons. The molecule has 3 heteroatoms. The number of hydrogen-bond donors (Lipinski definition) is 0. The predicted molar refractivity (Wildman–Crippen MR) is 47.6 cm³/mol. The summed E-state index contributed by atoms with van der Waals surface area (Å²) in [6.07, 6.45) is 1.54. The van der Waals surface area contributed by atoms with E-state index in [1.807, 2.05) is 24.3 Å². The van der Waals surface area contributed by atoms with Crippen LogP contribution in [-0.2, 0) is 4.74 Å². The highest BCUT2D eigenvalue weighted by atomic mass is 16.5. The van der Waals surface area contributed by atoms with Gasteiger partial charge < -0.3 is 9.15 Å². The first-order valence-electron chi connectivity index (χ1n) is 3.87. The van der Waals surface area contributed by atoms with Crippen molar-refractivity contribution < 1.29 is 13.9 Å². The zero-order chi connectivity index (χ0) is 9.26. The van der Waals surface area contributed by atoms with Gasteiger partial charge in [-0.3, -0.25) is 0 Å². The fourth-order valence-corrected chi connectivity index (χ4v) is 1.24.